The maximum Gasteiger partial charge on any atom is 0.236 e. The number of piperazine rings is 1. The van der Waals surface area contributed by atoms with Gasteiger partial charge in [-0.2, -0.15) is 0 Å². The lowest BCUT2D eigenvalue weighted by Gasteiger charge is -2.35. The first-order chi connectivity index (χ1) is 13.6. The third-order valence-electron chi connectivity index (χ3n) is 6.49. The number of hydrogen-bond acceptors (Lipinski definition) is 4. The van der Waals surface area contributed by atoms with Crippen molar-refractivity contribution in [3.8, 4) is 0 Å². The second kappa shape index (κ2) is 8.19. The van der Waals surface area contributed by atoms with E-state index in [1.54, 1.807) is 0 Å². The van der Waals surface area contributed by atoms with Crippen LogP contribution in [0.25, 0.3) is 10.8 Å². The minimum atomic E-state index is 0.178. The molecular formula is C23H32N4O. The van der Waals surface area contributed by atoms with Crippen molar-refractivity contribution in [1.29, 1.82) is 0 Å². The Labute approximate surface area is 168 Å². The van der Waals surface area contributed by atoms with Crippen LogP contribution in [0, 0.1) is 5.41 Å². The number of rotatable bonds is 5. The summed E-state index contributed by atoms with van der Waals surface area (Å²) in [5.41, 5.74) is 7.44. The predicted molar refractivity (Wildman–Crippen MR) is 114 cm³/mol. The average Bonchev–Trinajstić information content (AvgIpc) is 3.10. The van der Waals surface area contributed by atoms with Crippen molar-refractivity contribution in [2.75, 3.05) is 52.4 Å². The lowest BCUT2D eigenvalue weighted by Crippen LogP contribution is -2.50. The fraction of sp³-hybridized carbons (Fsp3) is 0.522. The van der Waals surface area contributed by atoms with E-state index in [0.29, 0.717) is 13.1 Å². The Balaban J connectivity index is 1.29. The molecular weight excluding hydrogens is 348 g/mol. The van der Waals surface area contributed by atoms with Gasteiger partial charge in [0.05, 0.1) is 6.54 Å². The molecule has 2 N–H and O–H groups in total. The number of nitrogens with two attached hydrogens (primary N) is 1. The fourth-order valence-electron chi connectivity index (χ4n) is 4.55. The van der Waals surface area contributed by atoms with Crippen LogP contribution in [0.5, 0.6) is 0 Å². The smallest absolute Gasteiger partial charge is 0.236 e. The van der Waals surface area contributed by atoms with Crippen LogP contribution in [-0.2, 0) is 11.3 Å². The molecule has 0 aliphatic carbocycles. The molecule has 1 atom stereocenters. The highest BCUT2D eigenvalue weighted by atomic mass is 16.2. The Bertz CT molecular complexity index is 825. The zero-order chi connectivity index (χ0) is 19.6. The summed E-state index contributed by atoms with van der Waals surface area (Å²) >= 11 is 0. The van der Waals surface area contributed by atoms with Gasteiger partial charge in [0.15, 0.2) is 0 Å². The molecule has 4 rings (SSSR count). The van der Waals surface area contributed by atoms with E-state index in [2.05, 4.69) is 59.2 Å². The number of hydrogen-bond donors (Lipinski definition) is 1. The molecule has 0 radical (unpaired) electrons. The third kappa shape index (κ3) is 4.22. The van der Waals surface area contributed by atoms with Crippen LogP contribution < -0.4 is 5.73 Å². The molecule has 0 saturated carbocycles. The van der Waals surface area contributed by atoms with Crippen molar-refractivity contribution in [3.05, 3.63) is 48.0 Å². The van der Waals surface area contributed by atoms with Crippen LogP contribution in [0.1, 0.15) is 18.9 Å². The third-order valence-corrected chi connectivity index (χ3v) is 6.49. The molecule has 1 unspecified atom stereocenters. The van der Waals surface area contributed by atoms with E-state index >= 15 is 0 Å². The molecule has 2 fully saturated rings. The zero-order valence-corrected chi connectivity index (χ0v) is 16.9. The van der Waals surface area contributed by atoms with E-state index in [1.807, 2.05) is 4.90 Å². The Kier molecular flexibility index (Phi) is 5.67. The second-order valence-corrected chi connectivity index (χ2v) is 8.77. The van der Waals surface area contributed by atoms with E-state index in [0.717, 1.165) is 52.2 Å². The summed E-state index contributed by atoms with van der Waals surface area (Å²) in [7, 11) is 0. The normalized spacial score (nSPS) is 24.1. The highest BCUT2D eigenvalue weighted by Gasteiger charge is 2.34. The van der Waals surface area contributed by atoms with Gasteiger partial charge in [-0.15, -0.1) is 0 Å². The molecule has 5 nitrogen and oxygen atoms in total. The van der Waals surface area contributed by atoms with Gasteiger partial charge in [-0.3, -0.25) is 14.6 Å². The van der Waals surface area contributed by atoms with Crippen LogP contribution >= 0.6 is 0 Å². The molecule has 0 aromatic heterocycles. The van der Waals surface area contributed by atoms with Gasteiger partial charge in [0.25, 0.3) is 0 Å². The lowest BCUT2D eigenvalue weighted by molar-refractivity contribution is -0.134. The van der Waals surface area contributed by atoms with E-state index in [4.69, 9.17) is 5.73 Å². The van der Waals surface area contributed by atoms with Gasteiger partial charge in [0, 0.05) is 39.3 Å². The molecule has 2 saturated heterocycles. The Morgan fingerprint density at radius 3 is 2.50 bits per heavy atom. The Morgan fingerprint density at radius 1 is 1.00 bits per heavy atom. The minimum Gasteiger partial charge on any atom is -0.339 e. The SMILES string of the molecule is CC1(CN)CCN(CC(=O)N2CCN(Cc3cccc4ccccc34)CC2)C1. The lowest BCUT2D eigenvalue weighted by atomic mass is 9.90. The number of likely N-dealkylation sites (tertiary alicyclic amines) is 1. The summed E-state index contributed by atoms with van der Waals surface area (Å²) in [6.45, 7) is 9.87. The molecule has 0 spiro atoms. The van der Waals surface area contributed by atoms with Crippen LogP contribution in [0.3, 0.4) is 0 Å². The quantitative estimate of drug-likeness (QED) is 0.864. The number of nitrogens with zero attached hydrogens (tertiary/aromatic N) is 3. The summed E-state index contributed by atoms with van der Waals surface area (Å²) in [6, 6.07) is 15.1. The monoisotopic (exact) mass is 380 g/mol. The Hall–Kier alpha value is -1.95. The molecule has 2 aliphatic rings. The van der Waals surface area contributed by atoms with Crippen LogP contribution in [0.2, 0.25) is 0 Å². The number of fused-ring (bicyclic) bond motifs is 1. The molecule has 2 aromatic rings. The highest BCUT2D eigenvalue weighted by Crippen LogP contribution is 2.28. The van der Waals surface area contributed by atoms with Crippen LogP contribution in [0.4, 0.5) is 0 Å². The summed E-state index contributed by atoms with van der Waals surface area (Å²) in [4.78, 5) is 19.5. The van der Waals surface area contributed by atoms with Gasteiger partial charge in [-0.1, -0.05) is 49.4 Å². The maximum absolute atomic E-state index is 12.7. The summed E-state index contributed by atoms with van der Waals surface area (Å²) in [5, 5.41) is 2.63. The van der Waals surface area contributed by atoms with Gasteiger partial charge >= 0.3 is 0 Å². The van der Waals surface area contributed by atoms with Crippen LogP contribution in [-0.4, -0.2) is 73.0 Å². The van der Waals surface area contributed by atoms with Gasteiger partial charge in [-0.25, -0.2) is 0 Å². The molecule has 0 bridgehead atoms. The van der Waals surface area contributed by atoms with Gasteiger partial charge < -0.3 is 10.6 Å². The predicted octanol–water partition coefficient (Wildman–Crippen LogP) is 2.15. The van der Waals surface area contributed by atoms with Crippen molar-refractivity contribution in [3.63, 3.8) is 0 Å². The van der Waals surface area contributed by atoms with E-state index in [-0.39, 0.29) is 11.3 Å². The number of amides is 1. The Morgan fingerprint density at radius 2 is 1.75 bits per heavy atom. The summed E-state index contributed by atoms with van der Waals surface area (Å²) in [5.74, 6) is 0.270. The zero-order valence-electron chi connectivity index (χ0n) is 16.9. The molecule has 150 valence electrons. The largest absolute Gasteiger partial charge is 0.339 e. The molecule has 1 amide bonds. The summed E-state index contributed by atoms with van der Waals surface area (Å²) in [6.07, 6.45) is 1.09. The van der Waals surface area contributed by atoms with Gasteiger partial charge in [0.2, 0.25) is 5.91 Å². The first-order valence-electron chi connectivity index (χ1n) is 10.5. The van der Waals surface area contributed by atoms with Gasteiger partial charge in [0.1, 0.15) is 0 Å². The minimum absolute atomic E-state index is 0.178. The average molecular weight is 381 g/mol. The second-order valence-electron chi connectivity index (χ2n) is 8.77. The first-order valence-corrected chi connectivity index (χ1v) is 10.5. The van der Waals surface area contributed by atoms with E-state index in [9.17, 15) is 4.79 Å². The fourth-order valence-corrected chi connectivity index (χ4v) is 4.55. The van der Waals surface area contributed by atoms with Crippen molar-refractivity contribution >= 4 is 16.7 Å². The molecule has 28 heavy (non-hydrogen) atoms. The van der Waals surface area contributed by atoms with Gasteiger partial charge in [-0.05, 0) is 41.3 Å². The van der Waals surface area contributed by atoms with Crippen molar-refractivity contribution < 1.29 is 4.79 Å². The number of benzene rings is 2. The maximum atomic E-state index is 12.7. The molecule has 2 aromatic carbocycles. The van der Waals surface area contributed by atoms with Crippen LogP contribution in [0.15, 0.2) is 42.5 Å². The summed E-state index contributed by atoms with van der Waals surface area (Å²) < 4.78 is 0. The molecule has 5 heteroatoms. The topological polar surface area (TPSA) is 52.8 Å². The highest BCUT2D eigenvalue weighted by molar-refractivity contribution is 5.85. The number of carbonyl (C=O) groups excluding carboxylic acids is 1. The van der Waals surface area contributed by atoms with Crippen molar-refractivity contribution in [2.45, 2.75) is 19.9 Å². The van der Waals surface area contributed by atoms with Crippen molar-refractivity contribution in [2.24, 2.45) is 11.1 Å². The molecule has 2 aliphatic heterocycles. The standard InChI is InChI=1S/C23H32N4O/c1-23(17-24)9-10-26(18-23)16-22(28)27-13-11-25(12-14-27)15-20-7-4-6-19-5-2-3-8-21(19)20/h2-8H,9-18,24H2,1H3. The first kappa shape index (κ1) is 19.4. The molecule has 2 heterocycles. The van der Waals surface area contributed by atoms with Crippen molar-refractivity contribution in [1.82, 2.24) is 14.7 Å². The number of carbonyl (C=O) groups is 1. The van der Waals surface area contributed by atoms with E-state index in [1.165, 1.54) is 16.3 Å². The van der Waals surface area contributed by atoms with E-state index < -0.39 is 0 Å².